The molecule has 0 radical (unpaired) electrons. The van der Waals surface area contributed by atoms with Gasteiger partial charge in [0.2, 0.25) is 0 Å². The Morgan fingerprint density at radius 2 is 1.84 bits per heavy atom. The number of nitrogens with one attached hydrogen (secondary N) is 2. The molecule has 7 heteroatoms. The van der Waals surface area contributed by atoms with Crippen LogP contribution in [0.3, 0.4) is 0 Å². The first-order chi connectivity index (χ1) is 15.2. The van der Waals surface area contributed by atoms with Crippen LogP contribution in [0.1, 0.15) is 52.6 Å². The molecule has 1 amide bonds. The lowest BCUT2D eigenvalue weighted by atomic mass is 10.0. The zero-order valence-corrected chi connectivity index (χ0v) is 19.0. The van der Waals surface area contributed by atoms with Crippen LogP contribution in [0, 0.1) is 20.8 Å². The monoisotopic (exact) mass is 429 g/mol. The molecule has 3 heterocycles. The maximum Gasteiger partial charge on any atom is 0.253 e. The van der Waals surface area contributed by atoms with Crippen LogP contribution in [0.4, 0.5) is 0 Å². The Hall–Kier alpha value is -3.74. The summed E-state index contributed by atoms with van der Waals surface area (Å²) in [5.74, 6) is -0.270. The minimum Gasteiger partial charge on any atom is -0.348 e. The van der Waals surface area contributed by atoms with Crippen molar-refractivity contribution in [3.8, 4) is 11.3 Å². The molecular formula is C25H27N5O2. The topological polar surface area (TPSA) is 92.7 Å². The van der Waals surface area contributed by atoms with Gasteiger partial charge in [-0.05, 0) is 52.3 Å². The van der Waals surface area contributed by atoms with E-state index in [1.54, 1.807) is 12.3 Å². The molecule has 164 valence electrons. The molecule has 0 saturated heterocycles. The summed E-state index contributed by atoms with van der Waals surface area (Å²) in [5.41, 5.74) is 5.93. The number of hydrogen-bond acceptors (Lipinski definition) is 4. The lowest BCUT2D eigenvalue weighted by Crippen LogP contribution is -2.28. The van der Waals surface area contributed by atoms with Gasteiger partial charge in [-0.15, -0.1) is 0 Å². The second-order valence-electron chi connectivity index (χ2n) is 8.47. The van der Waals surface area contributed by atoms with Gasteiger partial charge >= 0.3 is 0 Å². The van der Waals surface area contributed by atoms with Gasteiger partial charge in [0.05, 0.1) is 22.8 Å². The Morgan fingerprint density at radius 3 is 2.50 bits per heavy atom. The quantitative estimate of drug-likeness (QED) is 0.497. The van der Waals surface area contributed by atoms with Crippen molar-refractivity contribution in [3.63, 3.8) is 0 Å². The van der Waals surface area contributed by atoms with Crippen molar-refractivity contribution in [1.82, 2.24) is 25.1 Å². The fourth-order valence-corrected chi connectivity index (χ4v) is 3.82. The molecule has 3 aromatic heterocycles. The van der Waals surface area contributed by atoms with Gasteiger partial charge in [-0.25, -0.2) is 9.67 Å². The van der Waals surface area contributed by atoms with Crippen molar-refractivity contribution in [3.05, 3.63) is 80.9 Å². The van der Waals surface area contributed by atoms with Gasteiger partial charge in [0.25, 0.3) is 11.5 Å². The van der Waals surface area contributed by atoms with E-state index in [0.717, 1.165) is 22.4 Å². The fourth-order valence-electron chi connectivity index (χ4n) is 3.82. The molecule has 2 N–H and O–H groups in total. The summed E-state index contributed by atoms with van der Waals surface area (Å²) in [7, 11) is 0. The molecule has 4 rings (SSSR count). The third-order valence-electron chi connectivity index (χ3n) is 5.57. The fraction of sp³-hybridized carbons (Fsp3) is 0.280. The van der Waals surface area contributed by atoms with E-state index in [-0.39, 0.29) is 24.1 Å². The number of nitrogens with zero attached hydrogens (tertiary/aromatic N) is 3. The van der Waals surface area contributed by atoms with Crippen LogP contribution < -0.4 is 10.9 Å². The summed E-state index contributed by atoms with van der Waals surface area (Å²) in [5, 5.41) is 8.06. The maximum absolute atomic E-state index is 13.3. The predicted molar refractivity (Wildman–Crippen MR) is 126 cm³/mol. The summed E-state index contributed by atoms with van der Waals surface area (Å²) in [6.45, 7) is 9.93. The molecule has 0 aliphatic rings. The predicted octanol–water partition coefficient (Wildman–Crippen LogP) is 4.22. The summed E-state index contributed by atoms with van der Waals surface area (Å²) >= 11 is 0. The van der Waals surface area contributed by atoms with E-state index in [4.69, 9.17) is 4.98 Å². The second kappa shape index (κ2) is 8.42. The zero-order valence-electron chi connectivity index (χ0n) is 19.0. The number of aromatic nitrogens is 4. The van der Waals surface area contributed by atoms with Crippen molar-refractivity contribution in [2.45, 2.75) is 47.2 Å². The molecule has 32 heavy (non-hydrogen) atoms. The molecule has 0 bridgehead atoms. The van der Waals surface area contributed by atoms with E-state index >= 15 is 0 Å². The Labute approximate surface area is 186 Å². The van der Waals surface area contributed by atoms with Crippen LogP contribution in [0.2, 0.25) is 0 Å². The molecule has 0 atom stereocenters. The van der Waals surface area contributed by atoms with E-state index in [0.29, 0.717) is 27.9 Å². The number of aromatic amines is 1. The lowest BCUT2D eigenvalue weighted by molar-refractivity contribution is 0.0952. The average molecular weight is 430 g/mol. The van der Waals surface area contributed by atoms with Crippen LogP contribution in [0.25, 0.3) is 22.3 Å². The van der Waals surface area contributed by atoms with Crippen LogP contribution in [-0.2, 0) is 6.54 Å². The van der Waals surface area contributed by atoms with Crippen LogP contribution in [0.15, 0.2) is 47.4 Å². The number of benzene rings is 1. The van der Waals surface area contributed by atoms with Gasteiger partial charge in [0.15, 0.2) is 5.65 Å². The molecule has 0 aliphatic heterocycles. The number of rotatable bonds is 5. The van der Waals surface area contributed by atoms with Crippen molar-refractivity contribution in [2.75, 3.05) is 0 Å². The van der Waals surface area contributed by atoms with Crippen molar-refractivity contribution in [1.29, 1.82) is 0 Å². The largest absolute Gasteiger partial charge is 0.348 e. The van der Waals surface area contributed by atoms with E-state index < -0.39 is 0 Å². The number of carbonyl (C=O) groups excluding carboxylic acids is 1. The number of amides is 1. The summed E-state index contributed by atoms with van der Waals surface area (Å²) < 4.78 is 1.82. The second-order valence-corrected chi connectivity index (χ2v) is 8.47. The number of fused-ring (bicyclic) bond motifs is 1. The molecule has 1 aromatic carbocycles. The van der Waals surface area contributed by atoms with Gasteiger partial charge in [-0.3, -0.25) is 9.59 Å². The standard InChI is InChI=1S/C25H27N5O2/c1-14(2)30-23-21(13-27-30)19(11-22(29-23)18-8-6-15(3)7-9-18)24(31)26-12-20-16(4)10-17(5)28-25(20)32/h6-11,13-14H,12H2,1-5H3,(H,26,31)(H,28,32). The van der Waals surface area contributed by atoms with E-state index in [1.807, 2.05) is 69.6 Å². The minimum absolute atomic E-state index is 0.0953. The third kappa shape index (κ3) is 4.06. The number of aryl methyl sites for hydroxylation is 3. The molecule has 0 saturated carbocycles. The van der Waals surface area contributed by atoms with Gasteiger partial charge in [0, 0.05) is 29.4 Å². The summed E-state index contributed by atoms with van der Waals surface area (Å²) in [6.07, 6.45) is 1.68. The first kappa shape index (κ1) is 21.5. The Kier molecular flexibility index (Phi) is 5.65. The minimum atomic E-state index is -0.270. The van der Waals surface area contributed by atoms with Crippen LogP contribution >= 0.6 is 0 Å². The van der Waals surface area contributed by atoms with Crippen molar-refractivity contribution < 1.29 is 4.79 Å². The van der Waals surface area contributed by atoms with E-state index in [9.17, 15) is 9.59 Å². The first-order valence-electron chi connectivity index (χ1n) is 10.7. The van der Waals surface area contributed by atoms with Crippen LogP contribution in [0.5, 0.6) is 0 Å². The molecule has 7 nitrogen and oxygen atoms in total. The Morgan fingerprint density at radius 1 is 1.12 bits per heavy atom. The zero-order chi connectivity index (χ0) is 23.0. The lowest BCUT2D eigenvalue weighted by Gasteiger charge is -2.12. The first-order valence-corrected chi connectivity index (χ1v) is 10.7. The van der Waals surface area contributed by atoms with Crippen molar-refractivity contribution in [2.24, 2.45) is 0 Å². The number of pyridine rings is 2. The molecule has 0 unspecified atom stereocenters. The number of carbonyl (C=O) groups is 1. The van der Waals surface area contributed by atoms with Gasteiger partial charge < -0.3 is 10.3 Å². The van der Waals surface area contributed by atoms with Gasteiger partial charge in [-0.1, -0.05) is 29.8 Å². The molecule has 0 fully saturated rings. The van der Waals surface area contributed by atoms with Crippen LogP contribution in [-0.4, -0.2) is 25.7 Å². The van der Waals surface area contributed by atoms with Gasteiger partial charge in [0.1, 0.15) is 0 Å². The molecule has 4 aromatic rings. The van der Waals surface area contributed by atoms with E-state index in [1.165, 1.54) is 0 Å². The maximum atomic E-state index is 13.3. The Bertz CT molecular complexity index is 1360. The molecule has 0 spiro atoms. The SMILES string of the molecule is Cc1ccc(-c2cc(C(=O)NCc3c(C)cc(C)[nH]c3=O)c3cnn(C(C)C)c3n2)cc1. The highest BCUT2D eigenvalue weighted by molar-refractivity contribution is 6.06. The third-order valence-corrected chi connectivity index (χ3v) is 5.57. The number of hydrogen-bond donors (Lipinski definition) is 2. The summed E-state index contributed by atoms with van der Waals surface area (Å²) in [4.78, 5) is 33.2. The molecular weight excluding hydrogens is 402 g/mol. The highest BCUT2D eigenvalue weighted by atomic mass is 16.1. The normalized spacial score (nSPS) is 11.3. The number of H-pyrrole nitrogens is 1. The van der Waals surface area contributed by atoms with E-state index in [2.05, 4.69) is 15.4 Å². The highest BCUT2D eigenvalue weighted by Crippen LogP contribution is 2.26. The smallest absolute Gasteiger partial charge is 0.253 e. The van der Waals surface area contributed by atoms with Crippen molar-refractivity contribution >= 4 is 16.9 Å². The van der Waals surface area contributed by atoms with Gasteiger partial charge in [-0.2, -0.15) is 5.10 Å². The average Bonchev–Trinajstić information content (AvgIpc) is 3.17. The Balaban J connectivity index is 1.76. The molecule has 0 aliphatic carbocycles. The highest BCUT2D eigenvalue weighted by Gasteiger charge is 2.19. The summed E-state index contributed by atoms with van der Waals surface area (Å²) in [6, 6.07) is 11.8.